The van der Waals surface area contributed by atoms with Crippen molar-refractivity contribution in [2.24, 2.45) is 5.92 Å². The summed E-state index contributed by atoms with van der Waals surface area (Å²) >= 11 is 0. The second kappa shape index (κ2) is 9.07. The Morgan fingerprint density at radius 1 is 1.19 bits per heavy atom. The molecule has 2 fully saturated rings. The zero-order chi connectivity index (χ0) is 18.4. The minimum absolute atomic E-state index is 0.105. The number of nitrogens with zero attached hydrogens (tertiary/aromatic N) is 4. The molecule has 1 aromatic rings. The molecular formula is C19H28N4O3. The largest absolute Gasteiger partial charge is 0.385 e. The average Bonchev–Trinajstić information content (AvgIpc) is 2.70. The van der Waals surface area contributed by atoms with Gasteiger partial charge in [0, 0.05) is 58.2 Å². The predicted octanol–water partition coefficient (Wildman–Crippen LogP) is 1.75. The molecule has 0 spiro atoms. The molecular weight excluding hydrogens is 332 g/mol. The topological polar surface area (TPSA) is 75.6 Å². The lowest BCUT2D eigenvalue weighted by Gasteiger charge is -2.47. The Morgan fingerprint density at radius 3 is 2.77 bits per heavy atom. The van der Waals surface area contributed by atoms with E-state index in [1.165, 1.54) is 0 Å². The lowest BCUT2D eigenvalue weighted by atomic mass is 9.83. The number of methoxy groups -OCH3 is 1. The van der Waals surface area contributed by atoms with Crippen molar-refractivity contribution in [2.75, 3.05) is 33.4 Å². The first-order valence-electron chi connectivity index (χ1n) is 9.55. The Morgan fingerprint density at radius 2 is 2.00 bits per heavy atom. The van der Waals surface area contributed by atoms with E-state index in [1.54, 1.807) is 25.6 Å². The van der Waals surface area contributed by atoms with E-state index in [2.05, 4.69) is 14.9 Å². The van der Waals surface area contributed by atoms with Crippen LogP contribution in [0.3, 0.4) is 0 Å². The molecule has 2 unspecified atom stereocenters. The van der Waals surface area contributed by atoms with Gasteiger partial charge < -0.3 is 14.5 Å². The summed E-state index contributed by atoms with van der Waals surface area (Å²) in [5, 5.41) is 0. The maximum atomic E-state index is 12.6. The van der Waals surface area contributed by atoms with Crippen molar-refractivity contribution in [1.29, 1.82) is 0 Å². The van der Waals surface area contributed by atoms with Gasteiger partial charge in [-0.3, -0.25) is 9.59 Å². The first kappa shape index (κ1) is 18.8. The van der Waals surface area contributed by atoms with E-state index < -0.39 is 0 Å². The summed E-state index contributed by atoms with van der Waals surface area (Å²) in [4.78, 5) is 37.3. The van der Waals surface area contributed by atoms with Crippen LogP contribution in [0.4, 0.5) is 0 Å². The summed E-state index contributed by atoms with van der Waals surface area (Å²) in [5.41, 5.74) is 0. The van der Waals surface area contributed by atoms with Gasteiger partial charge in [-0.25, -0.2) is 9.97 Å². The molecule has 0 radical (unpaired) electrons. The fourth-order valence-corrected chi connectivity index (χ4v) is 4.11. The summed E-state index contributed by atoms with van der Waals surface area (Å²) in [5.74, 6) is 0.759. The third kappa shape index (κ3) is 4.38. The Bertz CT molecular complexity index is 610. The van der Waals surface area contributed by atoms with Crippen LogP contribution in [0.2, 0.25) is 0 Å². The zero-order valence-electron chi connectivity index (χ0n) is 15.5. The SMILES string of the molecule is COCCCCC(=O)N1CCCC2CN(C(=O)c3ncccn3)CCC21. The highest BCUT2D eigenvalue weighted by Crippen LogP contribution is 2.31. The number of rotatable bonds is 6. The molecule has 3 heterocycles. The van der Waals surface area contributed by atoms with Crippen molar-refractivity contribution < 1.29 is 14.3 Å². The van der Waals surface area contributed by atoms with E-state index in [4.69, 9.17) is 4.74 Å². The number of ether oxygens (including phenoxy) is 1. The normalized spacial score (nSPS) is 22.8. The van der Waals surface area contributed by atoms with E-state index >= 15 is 0 Å². The van der Waals surface area contributed by atoms with Crippen molar-refractivity contribution in [3.8, 4) is 0 Å². The second-order valence-electron chi connectivity index (χ2n) is 7.12. The molecule has 26 heavy (non-hydrogen) atoms. The van der Waals surface area contributed by atoms with Gasteiger partial charge in [0.2, 0.25) is 11.7 Å². The summed E-state index contributed by atoms with van der Waals surface area (Å²) in [6.07, 6.45) is 8.49. The number of carbonyl (C=O) groups excluding carboxylic acids is 2. The van der Waals surface area contributed by atoms with Crippen molar-refractivity contribution in [3.63, 3.8) is 0 Å². The van der Waals surface area contributed by atoms with Gasteiger partial charge in [-0.1, -0.05) is 0 Å². The number of likely N-dealkylation sites (tertiary alicyclic amines) is 2. The van der Waals surface area contributed by atoms with E-state index in [0.717, 1.165) is 38.6 Å². The molecule has 0 bridgehead atoms. The predicted molar refractivity (Wildman–Crippen MR) is 96.5 cm³/mol. The molecule has 1 aromatic heterocycles. The van der Waals surface area contributed by atoms with E-state index in [0.29, 0.717) is 32.0 Å². The lowest BCUT2D eigenvalue weighted by molar-refractivity contribution is -0.138. The Hall–Kier alpha value is -2.02. The van der Waals surface area contributed by atoms with Crippen LogP contribution in [0, 0.1) is 5.92 Å². The van der Waals surface area contributed by atoms with Gasteiger partial charge in [-0.15, -0.1) is 0 Å². The van der Waals surface area contributed by atoms with Crippen LogP contribution >= 0.6 is 0 Å². The fourth-order valence-electron chi connectivity index (χ4n) is 4.11. The van der Waals surface area contributed by atoms with Crippen LogP contribution in [0.5, 0.6) is 0 Å². The quantitative estimate of drug-likeness (QED) is 0.723. The zero-order valence-corrected chi connectivity index (χ0v) is 15.5. The van der Waals surface area contributed by atoms with Gasteiger partial charge in [0.25, 0.3) is 5.91 Å². The number of unbranched alkanes of at least 4 members (excludes halogenated alkanes) is 1. The molecule has 0 aromatic carbocycles. The highest BCUT2D eigenvalue weighted by atomic mass is 16.5. The number of aromatic nitrogens is 2. The van der Waals surface area contributed by atoms with Gasteiger partial charge in [0.1, 0.15) is 0 Å². The van der Waals surface area contributed by atoms with Gasteiger partial charge >= 0.3 is 0 Å². The summed E-state index contributed by atoms with van der Waals surface area (Å²) in [6, 6.07) is 1.97. The number of fused-ring (bicyclic) bond motifs is 1. The Kier molecular flexibility index (Phi) is 6.55. The monoisotopic (exact) mass is 360 g/mol. The van der Waals surface area contributed by atoms with Crippen LogP contribution in [-0.2, 0) is 9.53 Å². The highest BCUT2D eigenvalue weighted by Gasteiger charge is 2.39. The molecule has 2 aliphatic rings. The molecule has 2 saturated heterocycles. The second-order valence-corrected chi connectivity index (χ2v) is 7.12. The molecule has 2 atom stereocenters. The maximum Gasteiger partial charge on any atom is 0.291 e. The third-order valence-electron chi connectivity index (χ3n) is 5.42. The fraction of sp³-hybridized carbons (Fsp3) is 0.684. The van der Waals surface area contributed by atoms with Gasteiger partial charge in [-0.05, 0) is 44.1 Å². The first-order valence-corrected chi connectivity index (χ1v) is 9.55. The van der Waals surface area contributed by atoms with E-state index in [-0.39, 0.29) is 23.7 Å². The van der Waals surface area contributed by atoms with E-state index in [1.807, 2.05) is 4.90 Å². The van der Waals surface area contributed by atoms with Crippen LogP contribution in [0.25, 0.3) is 0 Å². The van der Waals surface area contributed by atoms with E-state index in [9.17, 15) is 9.59 Å². The molecule has 3 rings (SSSR count). The summed E-state index contributed by atoms with van der Waals surface area (Å²) in [6.45, 7) is 2.90. The van der Waals surface area contributed by atoms with Crippen LogP contribution < -0.4 is 0 Å². The first-order chi connectivity index (χ1) is 12.7. The summed E-state index contributed by atoms with van der Waals surface area (Å²) in [7, 11) is 1.69. The minimum atomic E-state index is -0.105. The van der Waals surface area contributed by atoms with Crippen molar-refractivity contribution in [1.82, 2.24) is 19.8 Å². The molecule has 7 heteroatoms. The molecule has 2 amide bonds. The Balaban J connectivity index is 1.57. The third-order valence-corrected chi connectivity index (χ3v) is 5.42. The highest BCUT2D eigenvalue weighted by molar-refractivity contribution is 5.90. The number of carbonyl (C=O) groups is 2. The molecule has 7 nitrogen and oxygen atoms in total. The Labute approximate surface area is 154 Å². The van der Waals surface area contributed by atoms with Crippen molar-refractivity contribution in [3.05, 3.63) is 24.3 Å². The maximum absolute atomic E-state index is 12.6. The lowest BCUT2D eigenvalue weighted by Crippen LogP contribution is -2.56. The van der Waals surface area contributed by atoms with Crippen molar-refractivity contribution in [2.45, 2.75) is 44.6 Å². The minimum Gasteiger partial charge on any atom is -0.385 e. The van der Waals surface area contributed by atoms with Crippen molar-refractivity contribution >= 4 is 11.8 Å². The van der Waals surface area contributed by atoms with Gasteiger partial charge in [0.05, 0.1) is 0 Å². The smallest absolute Gasteiger partial charge is 0.291 e. The molecule has 142 valence electrons. The summed E-state index contributed by atoms with van der Waals surface area (Å²) < 4.78 is 5.05. The number of hydrogen-bond acceptors (Lipinski definition) is 5. The molecule has 2 aliphatic heterocycles. The molecule has 0 N–H and O–H groups in total. The number of amides is 2. The molecule has 0 aliphatic carbocycles. The van der Waals surface area contributed by atoms with Crippen LogP contribution in [0.15, 0.2) is 18.5 Å². The van der Waals surface area contributed by atoms with Gasteiger partial charge in [0.15, 0.2) is 0 Å². The standard InChI is InChI=1S/C19H28N4O3/c1-26-13-3-2-7-17(24)23-11-4-6-15-14-22(12-8-16(15)23)19(25)18-20-9-5-10-21-18/h5,9-10,15-16H,2-4,6-8,11-14H2,1H3. The van der Waals surface area contributed by atoms with Crippen LogP contribution in [-0.4, -0.2) is 71.0 Å². The van der Waals surface area contributed by atoms with Crippen LogP contribution in [0.1, 0.15) is 49.1 Å². The average molecular weight is 360 g/mol. The molecule has 0 saturated carbocycles. The number of hydrogen-bond donors (Lipinski definition) is 0. The van der Waals surface area contributed by atoms with Gasteiger partial charge in [-0.2, -0.15) is 0 Å². The number of piperidine rings is 2.